The summed E-state index contributed by atoms with van der Waals surface area (Å²) in [5, 5.41) is 0. The number of methoxy groups -OCH3 is 1. The SMILES string of the molecule is CCCN=CC1C(=O)CC(C)(C)[C@@H](C(=O)OC)C1=O. The predicted molar refractivity (Wildman–Crippen MR) is 71.1 cm³/mol. The summed E-state index contributed by atoms with van der Waals surface area (Å²) in [6.07, 6.45) is 2.41. The third-order valence-corrected chi connectivity index (χ3v) is 3.39. The number of hydrogen-bond acceptors (Lipinski definition) is 5. The van der Waals surface area contributed by atoms with Crippen molar-refractivity contribution in [3.8, 4) is 0 Å². The molecule has 19 heavy (non-hydrogen) atoms. The highest BCUT2D eigenvalue weighted by Crippen LogP contribution is 2.39. The van der Waals surface area contributed by atoms with E-state index >= 15 is 0 Å². The zero-order valence-corrected chi connectivity index (χ0v) is 11.9. The zero-order chi connectivity index (χ0) is 14.6. The third-order valence-electron chi connectivity index (χ3n) is 3.39. The first-order valence-electron chi connectivity index (χ1n) is 6.49. The molecule has 5 nitrogen and oxygen atoms in total. The Bertz CT molecular complexity index is 412. The molecule has 1 aliphatic carbocycles. The molecule has 2 atom stereocenters. The van der Waals surface area contributed by atoms with E-state index in [4.69, 9.17) is 0 Å². The van der Waals surface area contributed by atoms with Crippen LogP contribution in [-0.4, -0.2) is 37.4 Å². The van der Waals surface area contributed by atoms with Gasteiger partial charge in [-0.1, -0.05) is 20.8 Å². The highest BCUT2D eigenvalue weighted by molar-refractivity contribution is 6.21. The molecule has 0 saturated heterocycles. The van der Waals surface area contributed by atoms with Crippen LogP contribution in [0.1, 0.15) is 33.6 Å². The number of aliphatic imine (C=N–C) groups is 1. The van der Waals surface area contributed by atoms with Crippen LogP contribution < -0.4 is 0 Å². The van der Waals surface area contributed by atoms with Gasteiger partial charge in [0, 0.05) is 19.2 Å². The number of rotatable bonds is 4. The van der Waals surface area contributed by atoms with Crippen molar-refractivity contribution in [2.24, 2.45) is 22.2 Å². The van der Waals surface area contributed by atoms with Crippen LogP contribution in [0.2, 0.25) is 0 Å². The first-order chi connectivity index (χ1) is 8.85. The molecule has 1 rings (SSSR count). The predicted octanol–water partition coefficient (Wildman–Crippen LogP) is 1.44. The standard InChI is InChI=1S/C14H21NO4/c1-5-6-15-8-9-10(16)7-14(2,3)11(12(9)17)13(18)19-4/h8-9,11H,5-7H2,1-4H3/t9?,11-/m1/s1. The second-order valence-corrected chi connectivity index (χ2v) is 5.52. The number of carbonyl (C=O) groups excluding carboxylic acids is 3. The van der Waals surface area contributed by atoms with Crippen molar-refractivity contribution in [1.29, 1.82) is 0 Å². The molecule has 1 aliphatic rings. The van der Waals surface area contributed by atoms with Gasteiger partial charge in [-0.15, -0.1) is 0 Å². The Kier molecular flexibility index (Phi) is 4.97. The largest absolute Gasteiger partial charge is 0.468 e. The van der Waals surface area contributed by atoms with Crippen molar-refractivity contribution in [1.82, 2.24) is 0 Å². The fraction of sp³-hybridized carbons (Fsp3) is 0.714. The van der Waals surface area contributed by atoms with Crippen LogP contribution in [0.15, 0.2) is 4.99 Å². The summed E-state index contributed by atoms with van der Waals surface area (Å²) in [5.74, 6) is -2.93. The van der Waals surface area contributed by atoms with Gasteiger partial charge in [0.15, 0.2) is 5.78 Å². The summed E-state index contributed by atoms with van der Waals surface area (Å²) in [4.78, 5) is 40.2. The van der Waals surface area contributed by atoms with Crippen LogP contribution in [0, 0.1) is 17.3 Å². The number of hydrogen-bond donors (Lipinski definition) is 0. The molecular formula is C14H21NO4. The molecule has 106 valence electrons. The van der Waals surface area contributed by atoms with E-state index in [-0.39, 0.29) is 12.2 Å². The highest BCUT2D eigenvalue weighted by atomic mass is 16.5. The maximum atomic E-state index is 12.3. The molecule has 0 amide bonds. The van der Waals surface area contributed by atoms with Gasteiger partial charge in [-0.05, 0) is 11.8 Å². The van der Waals surface area contributed by atoms with Gasteiger partial charge >= 0.3 is 5.97 Å². The van der Waals surface area contributed by atoms with E-state index in [9.17, 15) is 14.4 Å². The third kappa shape index (κ3) is 3.28. The van der Waals surface area contributed by atoms with E-state index in [1.54, 1.807) is 13.8 Å². The summed E-state index contributed by atoms with van der Waals surface area (Å²) in [7, 11) is 1.25. The van der Waals surface area contributed by atoms with Gasteiger partial charge in [0.1, 0.15) is 17.6 Å². The summed E-state index contributed by atoms with van der Waals surface area (Å²) in [6, 6.07) is 0. The Morgan fingerprint density at radius 3 is 2.63 bits per heavy atom. The molecule has 1 unspecified atom stereocenters. The van der Waals surface area contributed by atoms with Gasteiger partial charge in [-0.2, -0.15) is 0 Å². The van der Waals surface area contributed by atoms with Gasteiger partial charge < -0.3 is 4.74 Å². The van der Waals surface area contributed by atoms with Crippen molar-refractivity contribution in [2.75, 3.05) is 13.7 Å². The number of carbonyl (C=O) groups is 3. The molecule has 5 heteroatoms. The maximum Gasteiger partial charge on any atom is 0.316 e. The summed E-state index contributed by atoms with van der Waals surface area (Å²) >= 11 is 0. The van der Waals surface area contributed by atoms with E-state index in [0.29, 0.717) is 6.54 Å². The highest BCUT2D eigenvalue weighted by Gasteiger charge is 2.51. The fourth-order valence-electron chi connectivity index (χ4n) is 2.40. The molecule has 0 aliphatic heterocycles. The lowest BCUT2D eigenvalue weighted by Gasteiger charge is -2.37. The molecule has 1 saturated carbocycles. The van der Waals surface area contributed by atoms with Crippen molar-refractivity contribution in [3.05, 3.63) is 0 Å². The number of Topliss-reactive ketones (excluding diaryl/α,β-unsaturated/α-hetero) is 2. The van der Waals surface area contributed by atoms with Crippen LogP contribution in [-0.2, 0) is 19.1 Å². The normalized spacial score (nSPS) is 26.7. The molecule has 0 radical (unpaired) electrons. The topological polar surface area (TPSA) is 72.8 Å². The Morgan fingerprint density at radius 2 is 2.11 bits per heavy atom. The van der Waals surface area contributed by atoms with Crippen LogP contribution >= 0.6 is 0 Å². The summed E-state index contributed by atoms with van der Waals surface area (Å²) < 4.78 is 4.69. The number of ketones is 2. The lowest BCUT2D eigenvalue weighted by Crippen LogP contribution is -2.50. The van der Waals surface area contributed by atoms with E-state index < -0.39 is 29.0 Å². The average molecular weight is 267 g/mol. The molecular weight excluding hydrogens is 246 g/mol. The van der Waals surface area contributed by atoms with Crippen molar-refractivity contribution in [2.45, 2.75) is 33.6 Å². The Hall–Kier alpha value is -1.52. The Morgan fingerprint density at radius 1 is 1.47 bits per heavy atom. The first-order valence-corrected chi connectivity index (χ1v) is 6.49. The molecule has 0 heterocycles. The molecule has 0 aromatic carbocycles. The molecule has 0 aromatic heterocycles. The van der Waals surface area contributed by atoms with Crippen molar-refractivity contribution < 1.29 is 19.1 Å². The Labute approximate surface area is 113 Å². The van der Waals surface area contributed by atoms with Gasteiger partial charge in [0.25, 0.3) is 0 Å². The minimum Gasteiger partial charge on any atom is -0.468 e. The lowest BCUT2D eigenvalue weighted by atomic mass is 9.64. The second kappa shape index (κ2) is 6.08. The minimum absolute atomic E-state index is 0.171. The zero-order valence-electron chi connectivity index (χ0n) is 11.9. The molecule has 1 fully saturated rings. The summed E-state index contributed by atoms with van der Waals surface area (Å²) in [6.45, 7) is 6.01. The monoisotopic (exact) mass is 267 g/mol. The van der Waals surface area contributed by atoms with Crippen LogP contribution in [0.25, 0.3) is 0 Å². The lowest BCUT2D eigenvalue weighted by molar-refractivity contribution is -0.159. The number of ether oxygens (including phenoxy) is 1. The second-order valence-electron chi connectivity index (χ2n) is 5.52. The molecule has 0 aromatic rings. The average Bonchev–Trinajstić information content (AvgIpc) is 2.31. The van der Waals surface area contributed by atoms with E-state index in [0.717, 1.165) is 6.42 Å². The molecule has 0 N–H and O–H groups in total. The van der Waals surface area contributed by atoms with Crippen LogP contribution in [0.3, 0.4) is 0 Å². The van der Waals surface area contributed by atoms with Crippen LogP contribution in [0.5, 0.6) is 0 Å². The van der Waals surface area contributed by atoms with Gasteiger partial charge in [0.05, 0.1) is 7.11 Å². The van der Waals surface area contributed by atoms with Gasteiger partial charge in [-0.3, -0.25) is 19.4 Å². The van der Waals surface area contributed by atoms with Crippen molar-refractivity contribution >= 4 is 23.8 Å². The quantitative estimate of drug-likeness (QED) is 0.439. The number of nitrogens with zero attached hydrogens (tertiary/aromatic N) is 1. The minimum atomic E-state index is -0.899. The van der Waals surface area contributed by atoms with E-state index in [1.807, 2.05) is 6.92 Å². The van der Waals surface area contributed by atoms with E-state index in [1.165, 1.54) is 13.3 Å². The summed E-state index contributed by atoms with van der Waals surface area (Å²) in [5.41, 5.74) is -0.698. The molecule has 0 bridgehead atoms. The Balaban J connectivity index is 3.01. The van der Waals surface area contributed by atoms with Gasteiger partial charge in [0.2, 0.25) is 0 Å². The fourth-order valence-corrected chi connectivity index (χ4v) is 2.40. The smallest absolute Gasteiger partial charge is 0.316 e. The van der Waals surface area contributed by atoms with Gasteiger partial charge in [-0.25, -0.2) is 0 Å². The maximum absolute atomic E-state index is 12.3. The van der Waals surface area contributed by atoms with Crippen LogP contribution in [0.4, 0.5) is 0 Å². The van der Waals surface area contributed by atoms with E-state index in [2.05, 4.69) is 9.73 Å². The molecule has 0 spiro atoms. The first kappa shape index (κ1) is 15.5. The van der Waals surface area contributed by atoms with Crippen molar-refractivity contribution in [3.63, 3.8) is 0 Å². The number of esters is 1.